The van der Waals surface area contributed by atoms with Gasteiger partial charge in [-0.1, -0.05) is 12.5 Å². The lowest BCUT2D eigenvalue weighted by Crippen LogP contribution is -2.35. The van der Waals surface area contributed by atoms with Crippen molar-refractivity contribution in [3.8, 4) is 0 Å². The van der Waals surface area contributed by atoms with Gasteiger partial charge in [0.2, 0.25) is 10.0 Å². The predicted molar refractivity (Wildman–Crippen MR) is 94.1 cm³/mol. The van der Waals surface area contributed by atoms with E-state index in [1.54, 1.807) is 30.5 Å². The number of aromatic nitrogens is 1. The molecule has 1 aromatic heterocycles. The number of nitrogens with zero attached hydrogens (tertiary/aromatic N) is 1. The molecule has 0 radical (unpaired) electrons. The van der Waals surface area contributed by atoms with Crippen molar-refractivity contribution >= 4 is 33.3 Å². The Labute approximate surface area is 143 Å². The highest BCUT2D eigenvalue weighted by atomic mass is 35.5. The van der Waals surface area contributed by atoms with Gasteiger partial charge in [0.1, 0.15) is 0 Å². The molecule has 7 heteroatoms. The molecule has 1 aromatic carbocycles. The molecule has 23 heavy (non-hydrogen) atoms. The van der Waals surface area contributed by atoms with Gasteiger partial charge in [0.05, 0.1) is 10.4 Å². The van der Waals surface area contributed by atoms with Crippen LogP contribution >= 0.6 is 12.4 Å². The minimum Gasteiger partial charge on any atom is -0.328 e. The van der Waals surface area contributed by atoms with Crippen LogP contribution in [-0.4, -0.2) is 26.0 Å². The normalized spacial score (nSPS) is 21.8. The summed E-state index contributed by atoms with van der Waals surface area (Å²) in [6, 6.07) is 8.90. The van der Waals surface area contributed by atoms with E-state index in [2.05, 4.69) is 9.71 Å². The van der Waals surface area contributed by atoms with Crippen LogP contribution in [0.25, 0.3) is 10.9 Å². The van der Waals surface area contributed by atoms with E-state index in [0.29, 0.717) is 28.3 Å². The van der Waals surface area contributed by atoms with E-state index in [4.69, 9.17) is 5.73 Å². The third-order valence-corrected chi connectivity index (χ3v) is 5.76. The summed E-state index contributed by atoms with van der Waals surface area (Å²) in [4.78, 5) is 4.50. The van der Waals surface area contributed by atoms with Crippen LogP contribution in [0.1, 0.15) is 25.7 Å². The van der Waals surface area contributed by atoms with E-state index >= 15 is 0 Å². The molecule has 2 aromatic rings. The standard InChI is InChI=1S/C16H21N3O2S.ClH/c17-13-5-1-4-12(10-13)11-19-22(20,21)16-8-2-7-15-14(16)6-3-9-18-15;/h2-3,6-9,12-13,19H,1,4-5,10-11,17H2;1H. The van der Waals surface area contributed by atoms with Crippen molar-refractivity contribution in [2.45, 2.75) is 36.6 Å². The largest absolute Gasteiger partial charge is 0.328 e. The van der Waals surface area contributed by atoms with Gasteiger partial charge in [-0.25, -0.2) is 13.1 Å². The van der Waals surface area contributed by atoms with Crippen molar-refractivity contribution in [3.05, 3.63) is 36.5 Å². The molecule has 3 rings (SSSR count). The first kappa shape index (κ1) is 18.1. The minimum absolute atomic E-state index is 0. The van der Waals surface area contributed by atoms with Crippen LogP contribution in [0.2, 0.25) is 0 Å². The molecule has 1 heterocycles. The summed E-state index contributed by atoms with van der Waals surface area (Å²) >= 11 is 0. The summed E-state index contributed by atoms with van der Waals surface area (Å²) in [6.45, 7) is 0.451. The molecule has 0 spiro atoms. The third-order valence-electron chi connectivity index (χ3n) is 4.28. The Morgan fingerprint density at radius 2 is 2.04 bits per heavy atom. The molecule has 3 N–H and O–H groups in total. The number of benzene rings is 1. The van der Waals surface area contributed by atoms with E-state index in [1.165, 1.54) is 0 Å². The van der Waals surface area contributed by atoms with Gasteiger partial charge in [-0.15, -0.1) is 12.4 Å². The summed E-state index contributed by atoms with van der Waals surface area (Å²) in [5.74, 6) is 0.326. The van der Waals surface area contributed by atoms with Crippen LogP contribution in [0.4, 0.5) is 0 Å². The number of nitrogens with one attached hydrogen (secondary N) is 1. The van der Waals surface area contributed by atoms with E-state index in [1.807, 2.05) is 6.07 Å². The molecule has 2 atom stereocenters. The Hall–Kier alpha value is -1.21. The fourth-order valence-corrected chi connectivity index (χ4v) is 4.46. The number of hydrogen-bond acceptors (Lipinski definition) is 4. The van der Waals surface area contributed by atoms with Crippen LogP contribution in [0, 0.1) is 5.92 Å². The van der Waals surface area contributed by atoms with Crippen molar-refractivity contribution in [1.29, 1.82) is 0 Å². The van der Waals surface area contributed by atoms with Crippen LogP contribution < -0.4 is 10.5 Å². The van der Waals surface area contributed by atoms with Gasteiger partial charge in [0, 0.05) is 24.2 Å². The second-order valence-corrected chi connectivity index (χ2v) is 7.71. The van der Waals surface area contributed by atoms with Crippen molar-refractivity contribution < 1.29 is 8.42 Å². The lowest BCUT2D eigenvalue weighted by molar-refractivity contribution is 0.322. The van der Waals surface area contributed by atoms with E-state index < -0.39 is 10.0 Å². The summed E-state index contributed by atoms with van der Waals surface area (Å²) in [7, 11) is -3.53. The maximum atomic E-state index is 12.6. The lowest BCUT2D eigenvalue weighted by atomic mass is 9.86. The first-order chi connectivity index (χ1) is 10.6. The van der Waals surface area contributed by atoms with Crippen LogP contribution in [-0.2, 0) is 10.0 Å². The maximum absolute atomic E-state index is 12.6. The Bertz CT molecular complexity index is 762. The van der Waals surface area contributed by atoms with Crippen LogP contribution in [0.3, 0.4) is 0 Å². The lowest BCUT2D eigenvalue weighted by Gasteiger charge is -2.26. The summed E-state index contributed by atoms with van der Waals surface area (Å²) in [6.07, 6.45) is 5.70. The molecule has 0 bridgehead atoms. The van der Waals surface area contributed by atoms with Gasteiger partial charge in [0.25, 0.3) is 0 Å². The molecule has 1 aliphatic carbocycles. The van der Waals surface area contributed by atoms with E-state index in [0.717, 1.165) is 25.7 Å². The van der Waals surface area contributed by atoms with Gasteiger partial charge >= 0.3 is 0 Å². The fraction of sp³-hybridized carbons (Fsp3) is 0.438. The van der Waals surface area contributed by atoms with Crippen molar-refractivity contribution in [2.24, 2.45) is 11.7 Å². The number of fused-ring (bicyclic) bond motifs is 1. The molecule has 0 saturated heterocycles. The molecule has 2 unspecified atom stereocenters. The first-order valence-electron chi connectivity index (χ1n) is 7.65. The highest BCUT2D eigenvalue weighted by Crippen LogP contribution is 2.24. The number of rotatable bonds is 4. The number of pyridine rings is 1. The number of halogens is 1. The highest BCUT2D eigenvalue weighted by Gasteiger charge is 2.23. The Balaban J connectivity index is 0.00000192. The number of nitrogens with two attached hydrogens (primary N) is 1. The van der Waals surface area contributed by atoms with Gasteiger partial charge in [-0.2, -0.15) is 0 Å². The number of sulfonamides is 1. The van der Waals surface area contributed by atoms with Crippen molar-refractivity contribution in [2.75, 3.05) is 6.54 Å². The van der Waals surface area contributed by atoms with Crippen LogP contribution in [0.5, 0.6) is 0 Å². The molecule has 0 amide bonds. The molecule has 1 saturated carbocycles. The predicted octanol–water partition coefficient (Wildman–Crippen LogP) is 2.45. The van der Waals surface area contributed by atoms with Crippen molar-refractivity contribution in [3.63, 3.8) is 0 Å². The SMILES string of the molecule is Cl.NC1CCCC(CNS(=O)(=O)c2cccc3ncccc23)C1. The zero-order valence-corrected chi connectivity index (χ0v) is 14.4. The third kappa shape index (κ3) is 4.20. The van der Waals surface area contributed by atoms with Crippen LogP contribution in [0.15, 0.2) is 41.4 Å². The average molecular weight is 356 g/mol. The quantitative estimate of drug-likeness (QED) is 0.882. The van der Waals surface area contributed by atoms with Gasteiger partial charge in [-0.05, 0) is 49.4 Å². The monoisotopic (exact) mass is 355 g/mol. The topological polar surface area (TPSA) is 85.1 Å². The highest BCUT2D eigenvalue weighted by molar-refractivity contribution is 7.89. The van der Waals surface area contributed by atoms with E-state index in [9.17, 15) is 8.42 Å². The van der Waals surface area contributed by atoms with Gasteiger partial charge in [-0.3, -0.25) is 4.98 Å². The minimum atomic E-state index is -3.53. The van der Waals surface area contributed by atoms with E-state index in [-0.39, 0.29) is 18.4 Å². The van der Waals surface area contributed by atoms with Gasteiger partial charge < -0.3 is 5.73 Å². The average Bonchev–Trinajstić information content (AvgIpc) is 2.52. The molecule has 1 fully saturated rings. The Kier molecular flexibility index (Phi) is 5.97. The Morgan fingerprint density at radius 1 is 1.22 bits per heavy atom. The molecule has 1 aliphatic rings. The zero-order valence-electron chi connectivity index (χ0n) is 12.8. The summed E-state index contributed by atoms with van der Waals surface area (Å²) in [5.41, 5.74) is 6.65. The first-order valence-corrected chi connectivity index (χ1v) is 9.13. The second kappa shape index (κ2) is 7.57. The number of hydrogen-bond donors (Lipinski definition) is 2. The zero-order chi connectivity index (χ0) is 15.6. The molecular formula is C16H22ClN3O2S. The van der Waals surface area contributed by atoms with Crippen molar-refractivity contribution in [1.82, 2.24) is 9.71 Å². The Morgan fingerprint density at radius 3 is 2.83 bits per heavy atom. The summed E-state index contributed by atoms with van der Waals surface area (Å²) < 4.78 is 27.9. The fourth-order valence-electron chi connectivity index (χ4n) is 3.13. The maximum Gasteiger partial charge on any atom is 0.241 e. The second-order valence-electron chi connectivity index (χ2n) is 5.97. The smallest absolute Gasteiger partial charge is 0.241 e. The summed E-state index contributed by atoms with van der Waals surface area (Å²) in [5, 5.41) is 0.651. The van der Waals surface area contributed by atoms with Gasteiger partial charge in [0.15, 0.2) is 0 Å². The molecule has 0 aliphatic heterocycles. The molecule has 126 valence electrons. The molecule has 5 nitrogen and oxygen atoms in total. The molecular weight excluding hydrogens is 334 g/mol.